The Kier molecular flexibility index (Phi) is 5.59. The van der Waals surface area contributed by atoms with Crippen molar-refractivity contribution in [1.29, 1.82) is 0 Å². The summed E-state index contributed by atoms with van der Waals surface area (Å²) in [5, 5.41) is 0. The van der Waals surface area contributed by atoms with Gasteiger partial charge in [0.25, 0.3) is 0 Å². The summed E-state index contributed by atoms with van der Waals surface area (Å²) in [7, 11) is -2.96. The van der Waals surface area contributed by atoms with E-state index in [1.807, 2.05) is 6.92 Å². The van der Waals surface area contributed by atoms with Crippen LogP contribution in [-0.2, 0) is 14.6 Å². The molecule has 0 aliphatic carbocycles. The molecular weight excluding hydrogens is 252 g/mol. The van der Waals surface area contributed by atoms with E-state index in [-0.39, 0.29) is 23.5 Å². The first-order valence-electron chi connectivity index (χ1n) is 6.67. The Labute approximate surface area is 110 Å². The second kappa shape index (κ2) is 6.52. The minimum Gasteiger partial charge on any atom is -0.338 e. The van der Waals surface area contributed by atoms with Gasteiger partial charge in [-0.2, -0.15) is 0 Å². The third-order valence-electron chi connectivity index (χ3n) is 3.46. The molecule has 1 aliphatic rings. The zero-order chi connectivity index (χ0) is 13.8. The lowest BCUT2D eigenvalue weighted by molar-refractivity contribution is -0.134. The number of unbranched alkanes of at least 4 members (excludes halogenated alkanes) is 1. The number of nitrogens with two attached hydrogens (primary N) is 1. The number of nitrogens with zero attached hydrogens (tertiary/aromatic N) is 1. The first-order chi connectivity index (χ1) is 8.41. The molecule has 18 heavy (non-hydrogen) atoms. The van der Waals surface area contributed by atoms with Gasteiger partial charge in [-0.25, -0.2) is 8.42 Å². The quantitative estimate of drug-likeness (QED) is 0.768. The molecule has 1 saturated heterocycles. The van der Waals surface area contributed by atoms with Crippen LogP contribution >= 0.6 is 0 Å². The van der Waals surface area contributed by atoms with E-state index >= 15 is 0 Å². The molecule has 1 aliphatic heterocycles. The highest BCUT2D eigenvalue weighted by Gasteiger charge is 2.35. The van der Waals surface area contributed by atoms with E-state index in [1.54, 1.807) is 4.90 Å². The van der Waals surface area contributed by atoms with E-state index in [2.05, 4.69) is 6.92 Å². The number of amides is 1. The highest BCUT2D eigenvalue weighted by molar-refractivity contribution is 7.91. The first kappa shape index (κ1) is 15.4. The molecule has 1 unspecified atom stereocenters. The number of carbonyl (C=O) groups is 1. The van der Waals surface area contributed by atoms with Gasteiger partial charge in [0.1, 0.15) is 0 Å². The number of hydrogen-bond acceptors (Lipinski definition) is 4. The molecule has 6 heteroatoms. The SMILES string of the molecule is CCCC[C@H](N)C(=O)N(CC)C1CCS(=O)(=O)C1. The van der Waals surface area contributed by atoms with Crippen molar-refractivity contribution in [2.45, 2.75) is 51.6 Å². The van der Waals surface area contributed by atoms with Gasteiger partial charge >= 0.3 is 0 Å². The van der Waals surface area contributed by atoms with E-state index < -0.39 is 15.9 Å². The lowest BCUT2D eigenvalue weighted by Crippen LogP contribution is -2.49. The predicted octanol–water partition coefficient (Wildman–Crippen LogP) is 0.540. The number of rotatable bonds is 6. The normalized spacial score (nSPS) is 23.8. The number of likely N-dealkylation sites (N-methyl/N-ethyl adjacent to an activating group) is 1. The largest absolute Gasteiger partial charge is 0.338 e. The van der Waals surface area contributed by atoms with Crippen LogP contribution in [0.15, 0.2) is 0 Å². The van der Waals surface area contributed by atoms with E-state index in [4.69, 9.17) is 5.73 Å². The minimum absolute atomic E-state index is 0.0904. The summed E-state index contributed by atoms with van der Waals surface area (Å²) >= 11 is 0. The summed E-state index contributed by atoms with van der Waals surface area (Å²) < 4.78 is 22.9. The van der Waals surface area contributed by atoms with E-state index in [0.29, 0.717) is 19.4 Å². The molecule has 1 amide bonds. The number of sulfone groups is 1. The number of carbonyl (C=O) groups excluding carboxylic acids is 1. The minimum atomic E-state index is -2.96. The van der Waals surface area contributed by atoms with Crippen molar-refractivity contribution in [1.82, 2.24) is 4.90 Å². The lowest BCUT2D eigenvalue weighted by atomic mass is 10.1. The van der Waals surface area contributed by atoms with Gasteiger partial charge in [0, 0.05) is 12.6 Å². The summed E-state index contributed by atoms with van der Waals surface area (Å²) in [5.41, 5.74) is 5.87. The lowest BCUT2D eigenvalue weighted by Gasteiger charge is -2.29. The van der Waals surface area contributed by atoms with Gasteiger partial charge in [-0.3, -0.25) is 4.79 Å². The Morgan fingerprint density at radius 2 is 2.11 bits per heavy atom. The molecule has 0 aromatic carbocycles. The summed E-state index contributed by atoms with van der Waals surface area (Å²) in [4.78, 5) is 13.8. The molecule has 106 valence electrons. The van der Waals surface area contributed by atoms with Gasteiger partial charge in [0.2, 0.25) is 5.91 Å². The Morgan fingerprint density at radius 3 is 2.56 bits per heavy atom. The monoisotopic (exact) mass is 276 g/mol. The van der Waals surface area contributed by atoms with Crippen LogP contribution in [0.3, 0.4) is 0 Å². The second-order valence-electron chi connectivity index (χ2n) is 4.93. The molecule has 1 heterocycles. The molecule has 0 aromatic rings. The average molecular weight is 276 g/mol. The smallest absolute Gasteiger partial charge is 0.239 e. The fourth-order valence-corrected chi connectivity index (χ4v) is 4.11. The molecule has 1 fully saturated rings. The zero-order valence-electron chi connectivity index (χ0n) is 11.3. The predicted molar refractivity (Wildman–Crippen MR) is 71.9 cm³/mol. The third kappa shape index (κ3) is 3.95. The molecule has 0 spiro atoms. The summed E-state index contributed by atoms with van der Waals surface area (Å²) in [5.74, 6) is 0.173. The molecule has 0 bridgehead atoms. The summed E-state index contributed by atoms with van der Waals surface area (Å²) in [6.45, 7) is 4.45. The van der Waals surface area contributed by atoms with Crippen molar-refractivity contribution in [3.63, 3.8) is 0 Å². The van der Waals surface area contributed by atoms with E-state index in [1.165, 1.54) is 0 Å². The van der Waals surface area contributed by atoms with Crippen molar-refractivity contribution in [2.75, 3.05) is 18.1 Å². The average Bonchev–Trinajstić information content (AvgIpc) is 2.67. The molecule has 2 N–H and O–H groups in total. The maximum absolute atomic E-state index is 12.2. The maximum Gasteiger partial charge on any atom is 0.239 e. The van der Waals surface area contributed by atoms with Gasteiger partial charge < -0.3 is 10.6 Å². The standard InChI is InChI=1S/C12H24N2O3S/c1-3-5-6-11(13)12(15)14(4-2)10-7-8-18(16,17)9-10/h10-11H,3-9,13H2,1-2H3/t10?,11-/m0/s1. The van der Waals surface area contributed by atoms with Gasteiger partial charge in [-0.05, 0) is 19.8 Å². The van der Waals surface area contributed by atoms with Gasteiger partial charge in [0.15, 0.2) is 9.84 Å². The van der Waals surface area contributed by atoms with Crippen LogP contribution < -0.4 is 5.73 Å². The third-order valence-corrected chi connectivity index (χ3v) is 5.21. The molecule has 0 radical (unpaired) electrons. The second-order valence-corrected chi connectivity index (χ2v) is 7.16. The molecule has 0 saturated carbocycles. The van der Waals surface area contributed by atoms with E-state index in [0.717, 1.165) is 12.8 Å². The first-order valence-corrected chi connectivity index (χ1v) is 8.50. The van der Waals surface area contributed by atoms with Gasteiger partial charge in [-0.15, -0.1) is 0 Å². The maximum atomic E-state index is 12.2. The van der Waals surface area contributed by atoms with Gasteiger partial charge in [0.05, 0.1) is 17.5 Å². The topological polar surface area (TPSA) is 80.5 Å². The summed E-state index contributed by atoms with van der Waals surface area (Å²) in [6, 6.07) is -0.673. The molecule has 5 nitrogen and oxygen atoms in total. The Morgan fingerprint density at radius 1 is 1.44 bits per heavy atom. The van der Waals surface area contributed by atoms with Crippen LogP contribution in [0.25, 0.3) is 0 Å². The van der Waals surface area contributed by atoms with Crippen LogP contribution in [0.2, 0.25) is 0 Å². The zero-order valence-corrected chi connectivity index (χ0v) is 12.1. The molecule has 0 aromatic heterocycles. The molecular formula is C12H24N2O3S. The van der Waals surface area contributed by atoms with Crippen LogP contribution in [0.4, 0.5) is 0 Å². The highest BCUT2D eigenvalue weighted by Crippen LogP contribution is 2.18. The molecule has 1 rings (SSSR count). The Bertz CT molecular complexity index is 381. The Hall–Kier alpha value is -0.620. The van der Waals surface area contributed by atoms with Crippen LogP contribution in [-0.4, -0.2) is 49.4 Å². The van der Waals surface area contributed by atoms with Crippen LogP contribution in [0, 0.1) is 0 Å². The van der Waals surface area contributed by atoms with Crippen molar-refractivity contribution in [3.05, 3.63) is 0 Å². The van der Waals surface area contributed by atoms with Gasteiger partial charge in [-0.1, -0.05) is 19.8 Å². The van der Waals surface area contributed by atoms with Crippen molar-refractivity contribution in [3.8, 4) is 0 Å². The Balaban J connectivity index is 2.63. The summed E-state index contributed by atoms with van der Waals surface area (Å²) in [6.07, 6.45) is 3.14. The highest BCUT2D eigenvalue weighted by atomic mass is 32.2. The van der Waals surface area contributed by atoms with Crippen molar-refractivity contribution in [2.24, 2.45) is 5.73 Å². The van der Waals surface area contributed by atoms with E-state index in [9.17, 15) is 13.2 Å². The fourth-order valence-electron chi connectivity index (χ4n) is 2.38. The molecule has 2 atom stereocenters. The van der Waals surface area contributed by atoms with Crippen LogP contribution in [0.5, 0.6) is 0 Å². The van der Waals surface area contributed by atoms with Crippen molar-refractivity contribution < 1.29 is 13.2 Å². The fraction of sp³-hybridized carbons (Fsp3) is 0.917. The van der Waals surface area contributed by atoms with Crippen LogP contribution in [0.1, 0.15) is 39.5 Å². The number of hydrogen-bond donors (Lipinski definition) is 1. The van der Waals surface area contributed by atoms with Crippen molar-refractivity contribution >= 4 is 15.7 Å².